The third kappa shape index (κ3) is 3.67. The molecule has 0 aliphatic rings. The number of aromatic nitrogens is 2. The topological polar surface area (TPSA) is 59.4 Å². The Labute approximate surface area is 151 Å². The minimum atomic E-state index is 0.621. The third-order valence-corrected chi connectivity index (χ3v) is 3.79. The van der Waals surface area contributed by atoms with E-state index >= 15 is 0 Å². The van der Waals surface area contributed by atoms with Crippen molar-refractivity contribution in [2.45, 2.75) is 0 Å². The Kier molecular flexibility index (Phi) is 4.52. The molecular formula is C21H16N4O. The van der Waals surface area contributed by atoms with Gasteiger partial charge < -0.3 is 4.74 Å². The molecule has 1 heterocycles. The average molecular weight is 340 g/mol. The molecule has 3 aromatic carbocycles. The van der Waals surface area contributed by atoms with Crippen molar-refractivity contribution >= 4 is 22.8 Å². The quantitative estimate of drug-likeness (QED) is 0.416. The van der Waals surface area contributed by atoms with E-state index in [1.807, 2.05) is 78.9 Å². The largest absolute Gasteiger partial charge is 0.457 e. The molecule has 4 rings (SSSR count). The summed E-state index contributed by atoms with van der Waals surface area (Å²) in [5.74, 6) is 2.17. The summed E-state index contributed by atoms with van der Waals surface area (Å²) in [5.41, 5.74) is 3.88. The molecule has 0 saturated carbocycles. The SMILES string of the molecule is C(=NNc1nncc2ccccc12)c1cccc(Oc2ccccc2)c1. The number of nitrogens with zero attached hydrogens (tertiary/aromatic N) is 3. The average Bonchev–Trinajstić information content (AvgIpc) is 2.69. The molecule has 0 radical (unpaired) electrons. The zero-order chi connectivity index (χ0) is 17.6. The first-order chi connectivity index (χ1) is 12.9. The number of hydrazone groups is 1. The van der Waals surface area contributed by atoms with E-state index in [4.69, 9.17) is 4.74 Å². The predicted molar refractivity (Wildman–Crippen MR) is 104 cm³/mol. The van der Waals surface area contributed by atoms with E-state index in [0.717, 1.165) is 27.8 Å². The van der Waals surface area contributed by atoms with Gasteiger partial charge in [0.25, 0.3) is 0 Å². The van der Waals surface area contributed by atoms with Crippen LogP contribution in [0.25, 0.3) is 10.8 Å². The van der Waals surface area contributed by atoms with E-state index in [2.05, 4.69) is 20.7 Å². The van der Waals surface area contributed by atoms with Gasteiger partial charge in [0.2, 0.25) is 0 Å². The lowest BCUT2D eigenvalue weighted by atomic mass is 10.2. The standard InChI is InChI=1S/C21H16N4O/c1-2-9-18(10-3-1)26-19-11-6-7-16(13-19)14-22-24-21-20-12-5-4-8-17(20)15-23-25-21/h1-15H,(H,24,25). The van der Waals surface area contributed by atoms with Gasteiger partial charge in [-0.2, -0.15) is 10.2 Å². The summed E-state index contributed by atoms with van der Waals surface area (Å²) in [4.78, 5) is 0. The first kappa shape index (κ1) is 15.8. The minimum Gasteiger partial charge on any atom is -0.457 e. The second-order valence-electron chi connectivity index (χ2n) is 5.64. The number of benzene rings is 3. The third-order valence-electron chi connectivity index (χ3n) is 3.79. The van der Waals surface area contributed by atoms with Crippen LogP contribution in [0.4, 0.5) is 5.82 Å². The van der Waals surface area contributed by atoms with Gasteiger partial charge in [0.15, 0.2) is 5.82 Å². The lowest BCUT2D eigenvalue weighted by molar-refractivity contribution is 0.482. The van der Waals surface area contributed by atoms with Crippen molar-refractivity contribution in [1.29, 1.82) is 0 Å². The normalized spacial score (nSPS) is 10.9. The van der Waals surface area contributed by atoms with Crippen LogP contribution in [0.3, 0.4) is 0 Å². The molecule has 5 heteroatoms. The Morgan fingerprint density at radius 2 is 1.65 bits per heavy atom. The maximum absolute atomic E-state index is 5.84. The zero-order valence-electron chi connectivity index (χ0n) is 13.9. The van der Waals surface area contributed by atoms with Gasteiger partial charge >= 0.3 is 0 Å². The molecule has 0 aliphatic carbocycles. The van der Waals surface area contributed by atoms with Gasteiger partial charge in [-0.1, -0.05) is 54.6 Å². The Bertz CT molecular complexity index is 1040. The van der Waals surface area contributed by atoms with Crippen molar-refractivity contribution in [3.63, 3.8) is 0 Å². The summed E-state index contributed by atoms with van der Waals surface area (Å²) < 4.78 is 5.84. The summed E-state index contributed by atoms with van der Waals surface area (Å²) in [6.07, 6.45) is 3.45. The fourth-order valence-corrected chi connectivity index (χ4v) is 2.56. The molecule has 0 atom stereocenters. The molecule has 1 N–H and O–H groups in total. The number of para-hydroxylation sites is 1. The number of nitrogens with one attached hydrogen (secondary N) is 1. The van der Waals surface area contributed by atoms with Crippen LogP contribution in [0.15, 0.2) is 90.2 Å². The highest BCUT2D eigenvalue weighted by molar-refractivity contribution is 5.91. The van der Waals surface area contributed by atoms with Crippen LogP contribution in [0.5, 0.6) is 11.5 Å². The summed E-state index contributed by atoms with van der Waals surface area (Å²) in [5, 5.41) is 14.4. The van der Waals surface area contributed by atoms with Gasteiger partial charge in [-0.05, 0) is 29.8 Å². The van der Waals surface area contributed by atoms with Crippen LogP contribution in [-0.2, 0) is 0 Å². The molecule has 0 spiro atoms. The van der Waals surface area contributed by atoms with Crippen LogP contribution in [0.1, 0.15) is 5.56 Å². The second-order valence-corrected chi connectivity index (χ2v) is 5.64. The predicted octanol–water partition coefficient (Wildman–Crippen LogP) is 4.87. The Morgan fingerprint density at radius 1 is 0.846 bits per heavy atom. The summed E-state index contributed by atoms with van der Waals surface area (Å²) in [6, 6.07) is 25.3. The van der Waals surface area contributed by atoms with Crippen molar-refractivity contribution in [2.75, 3.05) is 5.43 Å². The van der Waals surface area contributed by atoms with E-state index in [0.29, 0.717) is 5.82 Å². The van der Waals surface area contributed by atoms with Crippen molar-refractivity contribution in [3.8, 4) is 11.5 Å². The van der Waals surface area contributed by atoms with Crippen LogP contribution < -0.4 is 10.2 Å². The van der Waals surface area contributed by atoms with Gasteiger partial charge in [-0.3, -0.25) is 5.43 Å². The lowest BCUT2D eigenvalue weighted by Crippen LogP contribution is -1.96. The van der Waals surface area contributed by atoms with Crippen molar-refractivity contribution < 1.29 is 4.74 Å². The van der Waals surface area contributed by atoms with Gasteiger partial charge in [0.05, 0.1) is 12.4 Å². The maximum atomic E-state index is 5.84. The molecule has 26 heavy (non-hydrogen) atoms. The molecule has 0 amide bonds. The van der Waals surface area contributed by atoms with E-state index in [-0.39, 0.29) is 0 Å². The van der Waals surface area contributed by atoms with Gasteiger partial charge in [-0.15, -0.1) is 5.10 Å². The Morgan fingerprint density at radius 3 is 2.58 bits per heavy atom. The molecule has 0 unspecified atom stereocenters. The highest BCUT2D eigenvalue weighted by atomic mass is 16.5. The molecule has 5 nitrogen and oxygen atoms in total. The van der Waals surface area contributed by atoms with Crippen LogP contribution >= 0.6 is 0 Å². The van der Waals surface area contributed by atoms with E-state index in [1.54, 1.807) is 12.4 Å². The maximum Gasteiger partial charge on any atom is 0.176 e. The van der Waals surface area contributed by atoms with E-state index < -0.39 is 0 Å². The number of fused-ring (bicyclic) bond motifs is 1. The van der Waals surface area contributed by atoms with Crippen molar-refractivity contribution in [1.82, 2.24) is 10.2 Å². The highest BCUT2D eigenvalue weighted by Crippen LogP contribution is 2.22. The number of hydrogen-bond acceptors (Lipinski definition) is 5. The Hall–Kier alpha value is -3.73. The lowest BCUT2D eigenvalue weighted by Gasteiger charge is -2.06. The van der Waals surface area contributed by atoms with E-state index in [9.17, 15) is 0 Å². The molecule has 0 bridgehead atoms. The van der Waals surface area contributed by atoms with Gasteiger partial charge in [0, 0.05) is 10.8 Å². The monoisotopic (exact) mass is 340 g/mol. The first-order valence-corrected chi connectivity index (χ1v) is 8.21. The van der Waals surface area contributed by atoms with Gasteiger partial charge in [-0.25, -0.2) is 0 Å². The molecule has 0 fully saturated rings. The number of hydrogen-bond donors (Lipinski definition) is 1. The van der Waals surface area contributed by atoms with E-state index in [1.165, 1.54) is 0 Å². The van der Waals surface area contributed by atoms with Crippen molar-refractivity contribution in [3.05, 3.63) is 90.6 Å². The van der Waals surface area contributed by atoms with Gasteiger partial charge in [0.1, 0.15) is 11.5 Å². The zero-order valence-corrected chi connectivity index (χ0v) is 13.9. The molecule has 126 valence electrons. The molecular weight excluding hydrogens is 324 g/mol. The molecule has 4 aromatic rings. The first-order valence-electron chi connectivity index (χ1n) is 8.21. The molecule has 0 aliphatic heterocycles. The molecule has 0 saturated heterocycles. The number of rotatable bonds is 5. The fourth-order valence-electron chi connectivity index (χ4n) is 2.56. The number of ether oxygens (including phenoxy) is 1. The number of anilines is 1. The summed E-state index contributed by atoms with van der Waals surface area (Å²) in [7, 11) is 0. The fraction of sp³-hybridized carbons (Fsp3) is 0. The van der Waals surface area contributed by atoms with Crippen LogP contribution in [0.2, 0.25) is 0 Å². The summed E-state index contributed by atoms with van der Waals surface area (Å²) in [6.45, 7) is 0. The summed E-state index contributed by atoms with van der Waals surface area (Å²) >= 11 is 0. The van der Waals surface area contributed by atoms with Crippen LogP contribution in [-0.4, -0.2) is 16.4 Å². The second kappa shape index (κ2) is 7.44. The van der Waals surface area contributed by atoms with Crippen molar-refractivity contribution in [2.24, 2.45) is 5.10 Å². The molecule has 1 aromatic heterocycles. The Balaban J connectivity index is 1.49. The van der Waals surface area contributed by atoms with Crippen LogP contribution in [0, 0.1) is 0 Å². The minimum absolute atomic E-state index is 0.621. The smallest absolute Gasteiger partial charge is 0.176 e. The highest BCUT2D eigenvalue weighted by Gasteiger charge is 2.01.